The summed E-state index contributed by atoms with van der Waals surface area (Å²) in [6.07, 6.45) is 0. The lowest BCUT2D eigenvalue weighted by atomic mass is 10.1. The van der Waals surface area contributed by atoms with Crippen LogP contribution in [0.4, 0.5) is 4.39 Å². The fourth-order valence-corrected chi connectivity index (χ4v) is 2.15. The first-order valence-corrected chi connectivity index (χ1v) is 8.25. The average Bonchev–Trinajstić information content (AvgIpc) is 2.71. The van der Waals surface area contributed by atoms with Gasteiger partial charge in [-0.3, -0.25) is 0 Å². The number of esters is 1. The average molecular weight is 353 g/mol. The third-order valence-corrected chi connectivity index (χ3v) is 3.34. The number of nitrogens with zero attached hydrogens (tertiary/aromatic N) is 1. The lowest BCUT2D eigenvalue weighted by molar-refractivity contribution is 0.0594. The fraction of sp³-hybridized carbons (Fsp3) is 0.143. The molecular formula is C21H20FNO3. The maximum Gasteiger partial charge on any atom is 0.356 e. The van der Waals surface area contributed by atoms with Crippen LogP contribution in [0.3, 0.4) is 0 Å². The zero-order chi connectivity index (χ0) is 18.9. The van der Waals surface area contributed by atoms with Crippen LogP contribution in [0.1, 0.15) is 24.3 Å². The highest BCUT2D eigenvalue weighted by Crippen LogP contribution is 2.25. The molecular weight excluding hydrogens is 333 g/mol. The van der Waals surface area contributed by atoms with E-state index in [1.807, 2.05) is 32.0 Å². The number of pyridine rings is 1. The molecule has 0 spiro atoms. The Hall–Kier alpha value is -3.21. The Labute approximate surface area is 152 Å². The second-order valence-corrected chi connectivity index (χ2v) is 4.98. The molecule has 0 bridgehead atoms. The SMILES string of the molecule is CC.COC(=O)c1cccc(-c2ccc(Oc3ccc(F)cc3)cc2)n1. The molecule has 0 atom stereocenters. The first kappa shape index (κ1) is 19.1. The summed E-state index contributed by atoms with van der Waals surface area (Å²) < 4.78 is 23.2. The summed E-state index contributed by atoms with van der Waals surface area (Å²) in [6, 6.07) is 18.2. The molecule has 1 aromatic heterocycles. The Kier molecular flexibility index (Phi) is 6.85. The first-order chi connectivity index (χ1) is 12.7. The molecule has 0 saturated heterocycles. The van der Waals surface area contributed by atoms with Crippen LogP contribution < -0.4 is 4.74 Å². The highest BCUT2D eigenvalue weighted by Gasteiger charge is 2.09. The van der Waals surface area contributed by atoms with E-state index in [0.717, 1.165) is 5.56 Å². The van der Waals surface area contributed by atoms with Crippen LogP contribution in [0.15, 0.2) is 66.7 Å². The van der Waals surface area contributed by atoms with Crippen molar-refractivity contribution in [1.29, 1.82) is 0 Å². The lowest BCUT2D eigenvalue weighted by Crippen LogP contribution is -2.04. The molecule has 2 aromatic carbocycles. The lowest BCUT2D eigenvalue weighted by Gasteiger charge is -2.07. The second kappa shape index (κ2) is 9.32. The summed E-state index contributed by atoms with van der Waals surface area (Å²) in [4.78, 5) is 15.8. The number of ether oxygens (including phenoxy) is 2. The van der Waals surface area contributed by atoms with Crippen LogP contribution >= 0.6 is 0 Å². The molecule has 5 heteroatoms. The number of hydrogen-bond donors (Lipinski definition) is 0. The Balaban J connectivity index is 0.00000117. The minimum atomic E-state index is -0.479. The van der Waals surface area contributed by atoms with Gasteiger partial charge < -0.3 is 9.47 Å². The molecule has 0 unspecified atom stereocenters. The van der Waals surface area contributed by atoms with Crippen LogP contribution in [-0.2, 0) is 4.74 Å². The van der Waals surface area contributed by atoms with E-state index in [0.29, 0.717) is 17.2 Å². The van der Waals surface area contributed by atoms with Crippen molar-refractivity contribution in [2.75, 3.05) is 7.11 Å². The van der Waals surface area contributed by atoms with Gasteiger partial charge in [0.2, 0.25) is 0 Å². The number of rotatable bonds is 4. The monoisotopic (exact) mass is 353 g/mol. The van der Waals surface area contributed by atoms with Crippen LogP contribution in [0.5, 0.6) is 11.5 Å². The molecule has 0 radical (unpaired) electrons. The zero-order valence-electron chi connectivity index (χ0n) is 14.9. The van der Waals surface area contributed by atoms with E-state index in [-0.39, 0.29) is 11.5 Å². The van der Waals surface area contributed by atoms with Crippen molar-refractivity contribution in [2.24, 2.45) is 0 Å². The summed E-state index contributed by atoms with van der Waals surface area (Å²) in [5.74, 6) is 0.381. The number of methoxy groups -OCH3 is 1. The van der Waals surface area contributed by atoms with Gasteiger partial charge in [0.25, 0.3) is 0 Å². The molecule has 0 aliphatic carbocycles. The third kappa shape index (κ3) is 4.89. The van der Waals surface area contributed by atoms with E-state index in [1.54, 1.807) is 36.4 Å². The summed E-state index contributed by atoms with van der Waals surface area (Å²) in [7, 11) is 1.32. The smallest absolute Gasteiger partial charge is 0.356 e. The fourth-order valence-electron chi connectivity index (χ4n) is 2.15. The minimum Gasteiger partial charge on any atom is -0.464 e. The van der Waals surface area contributed by atoms with Gasteiger partial charge in [0, 0.05) is 5.56 Å². The molecule has 0 N–H and O–H groups in total. The van der Waals surface area contributed by atoms with Crippen molar-refractivity contribution in [3.8, 4) is 22.8 Å². The van der Waals surface area contributed by atoms with Crippen LogP contribution in [-0.4, -0.2) is 18.1 Å². The maximum absolute atomic E-state index is 12.9. The topological polar surface area (TPSA) is 48.4 Å². The largest absolute Gasteiger partial charge is 0.464 e. The molecule has 0 fully saturated rings. The zero-order valence-corrected chi connectivity index (χ0v) is 14.9. The molecule has 3 rings (SSSR count). The summed E-state index contributed by atoms with van der Waals surface area (Å²) in [5.41, 5.74) is 1.75. The molecule has 4 nitrogen and oxygen atoms in total. The number of carbonyl (C=O) groups excluding carboxylic acids is 1. The highest BCUT2D eigenvalue weighted by molar-refractivity contribution is 5.87. The Morgan fingerprint density at radius 2 is 1.46 bits per heavy atom. The number of carbonyl (C=O) groups is 1. The first-order valence-electron chi connectivity index (χ1n) is 8.25. The van der Waals surface area contributed by atoms with E-state index in [1.165, 1.54) is 19.2 Å². The van der Waals surface area contributed by atoms with Crippen molar-refractivity contribution < 1.29 is 18.7 Å². The van der Waals surface area contributed by atoms with Crippen molar-refractivity contribution in [2.45, 2.75) is 13.8 Å². The van der Waals surface area contributed by atoms with E-state index >= 15 is 0 Å². The summed E-state index contributed by atoms with van der Waals surface area (Å²) in [5, 5.41) is 0. The molecule has 26 heavy (non-hydrogen) atoms. The van der Waals surface area contributed by atoms with Gasteiger partial charge in [0.1, 0.15) is 23.0 Å². The van der Waals surface area contributed by atoms with Crippen LogP contribution in [0.25, 0.3) is 11.3 Å². The van der Waals surface area contributed by atoms with E-state index in [9.17, 15) is 9.18 Å². The van der Waals surface area contributed by atoms with Gasteiger partial charge in [-0.15, -0.1) is 0 Å². The molecule has 0 amide bonds. The third-order valence-electron chi connectivity index (χ3n) is 3.34. The van der Waals surface area contributed by atoms with Crippen molar-refractivity contribution >= 4 is 5.97 Å². The number of aromatic nitrogens is 1. The van der Waals surface area contributed by atoms with Gasteiger partial charge >= 0.3 is 5.97 Å². The van der Waals surface area contributed by atoms with Gasteiger partial charge in [-0.1, -0.05) is 19.9 Å². The number of halogens is 1. The van der Waals surface area contributed by atoms with E-state index in [4.69, 9.17) is 4.74 Å². The van der Waals surface area contributed by atoms with Crippen LogP contribution in [0.2, 0.25) is 0 Å². The Morgan fingerprint density at radius 3 is 2.04 bits per heavy atom. The van der Waals surface area contributed by atoms with E-state index < -0.39 is 5.97 Å². The summed E-state index contributed by atoms with van der Waals surface area (Å²) >= 11 is 0. The van der Waals surface area contributed by atoms with Gasteiger partial charge in [-0.25, -0.2) is 14.2 Å². The summed E-state index contributed by atoms with van der Waals surface area (Å²) in [6.45, 7) is 4.00. The quantitative estimate of drug-likeness (QED) is 0.582. The van der Waals surface area contributed by atoms with Crippen molar-refractivity contribution in [3.05, 3.63) is 78.2 Å². The van der Waals surface area contributed by atoms with Gasteiger partial charge in [0.15, 0.2) is 0 Å². The standard InChI is InChI=1S/C19H14FNO3.C2H6/c1-23-19(22)18-4-2-3-17(21-18)13-5-9-15(10-6-13)24-16-11-7-14(20)8-12-16;1-2/h2-12H,1H3;1-2H3. The van der Waals surface area contributed by atoms with Crippen LogP contribution in [0, 0.1) is 5.82 Å². The maximum atomic E-state index is 12.9. The molecule has 0 saturated carbocycles. The predicted molar refractivity (Wildman–Crippen MR) is 98.8 cm³/mol. The Bertz CT molecular complexity index is 846. The minimum absolute atomic E-state index is 0.252. The highest BCUT2D eigenvalue weighted by atomic mass is 19.1. The second-order valence-electron chi connectivity index (χ2n) is 4.98. The number of hydrogen-bond acceptors (Lipinski definition) is 4. The molecule has 1 heterocycles. The van der Waals surface area contributed by atoms with Crippen molar-refractivity contribution in [3.63, 3.8) is 0 Å². The van der Waals surface area contributed by atoms with Gasteiger partial charge in [-0.05, 0) is 60.7 Å². The normalized spacial score (nSPS) is 9.69. The van der Waals surface area contributed by atoms with Gasteiger partial charge in [0.05, 0.1) is 12.8 Å². The molecule has 3 aromatic rings. The predicted octanol–water partition coefficient (Wildman–Crippen LogP) is 5.49. The van der Waals surface area contributed by atoms with E-state index in [2.05, 4.69) is 9.72 Å². The van der Waals surface area contributed by atoms with Crippen molar-refractivity contribution in [1.82, 2.24) is 4.98 Å². The number of benzene rings is 2. The molecule has 0 aliphatic heterocycles. The van der Waals surface area contributed by atoms with Gasteiger partial charge in [-0.2, -0.15) is 0 Å². The Morgan fingerprint density at radius 1 is 0.885 bits per heavy atom. The molecule has 0 aliphatic rings. The molecule has 134 valence electrons.